The molecule has 136 valence electrons. The zero-order valence-electron chi connectivity index (χ0n) is 14.2. The van der Waals surface area contributed by atoms with Crippen LogP contribution in [0.4, 0.5) is 10.2 Å². The van der Waals surface area contributed by atoms with Gasteiger partial charge in [0.1, 0.15) is 10.7 Å². The van der Waals surface area contributed by atoms with Gasteiger partial charge in [0.25, 0.3) is 10.0 Å². The Morgan fingerprint density at radius 2 is 2.12 bits per heavy atom. The van der Waals surface area contributed by atoms with Crippen molar-refractivity contribution in [3.63, 3.8) is 0 Å². The van der Waals surface area contributed by atoms with Crippen molar-refractivity contribution in [2.75, 3.05) is 11.8 Å². The van der Waals surface area contributed by atoms with E-state index >= 15 is 0 Å². The van der Waals surface area contributed by atoms with Crippen LogP contribution in [-0.2, 0) is 14.8 Å². The summed E-state index contributed by atoms with van der Waals surface area (Å²) in [6.07, 6.45) is 1.91. The second kappa shape index (κ2) is 7.64. The van der Waals surface area contributed by atoms with E-state index in [9.17, 15) is 17.6 Å². The summed E-state index contributed by atoms with van der Waals surface area (Å²) in [5, 5.41) is 6.69. The molecule has 0 saturated heterocycles. The Labute approximate surface area is 145 Å². The maximum absolute atomic E-state index is 14.1. The van der Waals surface area contributed by atoms with E-state index in [-0.39, 0.29) is 17.3 Å². The van der Waals surface area contributed by atoms with E-state index in [0.717, 1.165) is 37.8 Å². The molecule has 0 amide bonds. The maximum atomic E-state index is 14.1. The van der Waals surface area contributed by atoms with Gasteiger partial charge in [-0.2, -0.15) is 5.10 Å². The van der Waals surface area contributed by atoms with E-state index in [1.165, 1.54) is 6.07 Å². The molecule has 0 radical (unpaired) electrons. The molecule has 0 aliphatic rings. The van der Waals surface area contributed by atoms with E-state index in [1.807, 2.05) is 6.92 Å². The number of halogens is 1. The quantitative estimate of drug-likeness (QED) is 0.731. The first-order valence-corrected chi connectivity index (χ1v) is 9.22. The van der Waals surface area contributed by atoms with Gasteiger partial charge in [0, 0.05) is 11.8 Å². The molecule has 2 aromatic rings. The number of hydrogen-bond acceptors (Lipinski definition) is 5. The molecule has 1 aromatic carbocycles. The third-order valence-corrected chi connectivity index (χ3v) is 5.12. The lowest BCUT2D eigenvalue weighted by Crippen LogP contribution is -2.15. The van der Waals surface area contributed by atoms with E-state index in [2.05, 4.69) is 26.6 Å². The minimum atomic E-state index is -4.18. The summed E-state index contributed by atoms with van der Waals surface area (Å²) in [4.78, 5) is 10.8. The zero-order valence-corrected chi connectivity index (χ0v) is 15.0. The molecule has 2 rings (SSSR count). The van der Waals surface area contributed by atoms with E-state index in [4.69, 9.17) is 0 Å². The Morgan fingerprint density at radius 3 is 2.72 bits per heavy atom. The molecule has 0 spiro atoms. The van der Waals surface area contributed by atoms with Crippen molar-refractivity contribution in [2.24, 2.45) is 0 Å². The minimum absolute atomic E-state index is 0.0746. The first-order valence-electron chi connectivity index (χ1n) is 7.74. The van der Waals surface area contributed by atoms with E-state index < -0.39 is 26.7 Å². The highest BCUT2D eigenvalue weighted by molar-refractivity contribution is 7.92. The number of nitrogens with zero attached hydrogens (tertiary/aromatic N) is 1. The highest BCUT2D eigenvalue weighted by Crippen LogP contribution is 2.23. The third-order valence-electron chi connectivity index (χ3n) is 3.73. The fourth-order valence-corrected chi connectivity index (χ4v) is 3.44. The third kappa shape index (κ3) is 4.36. The lowest BCUT2D eigenvalue weighted by molar-refractivity contribution is 0.0600. The number of methoxy groups -OCH3 is 1. The van der Waals surface area contributed by atoms with Gasteiger partial charge in [0.15, 0.2) is 5.82 Å². The molecule has 25 heavy (non-hydrogen) atoms. The number of nitrogens with one attached hydrogen (secondary N) is 2. The maximum Gasteiger partial charge on any atom is 0.337 e. The van der Waals surface area contributed by atoms with Gasteiger partial charge in [0.2, 0.25) is 0 Å². The van der Waals surface area contributed by atoms with Crippen LogP contribution in [0.3, 0.4) is 0 Å². The number of benzene rings is 1. The van der Waals surface area contributed by atoms with Crippen LogP contribution in [0, 0.1) is 5.82 Å². The predicted octanol–water partition coefficient (Wildman–Crippen LogP) is 3.04. The fraction of sp³-hybridized carbons (Fsp3) is 0.375. The Kier molecular flexibility index (Phi) is 5.78. The van der Waals surface area contributed by atoms with Gasteiger partial charge < -0.3 is 4.74 Å². The second-order valence-electron chi connectivity index (χ2n) is 5.64. The monoisotopic (exact) mass is 369 g/mol. The number of anilines is 1. The van der Waals surface area contributed by atoms with Crippen molar-refractivity contribution in [3.8, 4) is 0 Å². The Balaban J connectivity index is 2.23. The van der Waals surface area contributed by atoms with Crippen LogP contribution >= 0.6 is 0 Å². The summed E-state index contributed by atoms with van der Waals surface area (Å²) in [6, 6.07) is 4.60. The Hall–Kier alpha value is -2.42. The van der Waals surface area contributed by atoms with Gasteiger partial charge in [-0.05, 0) is 30.5 Å². The molecule has 7 nitrogen and oxygen atoms in total. The summed E-state index contributed by atoms with van der Waals surface area (Å²) < 4.78 is 45.5. The number of aromatic nitrogens is 2. The molecule has 0 saturated carbocycles. The highest BCUT2D eigenvalue weighted by atomic mass is 32.2. The highest BCUT2D eigenvalue weighted by Gasteiger charge is 2.22. The van der Waals surface area contributed by atoms with Crippen molar-refractivity contribution < 1.29 is 22.3 Å². The summed E-state index contributed by atoms with van der Waals surface area (Å²) in [5.74, 6) is -1.52. The summed E-state index contributed by atoms with van der Waals surface area (Å²) in [5.41, 5.74) is 0.718. The van der Waals surface area contributed by atoms with Crippen LogP contribution in [0.2, 0.25) is 0 Å². The number of carbonyl (C=O) groups excluding carboxylic acids is 1. The lowest BCUT2D eigenvalue weighted by atomic mass is 10.0. The van der Waals surface area contributed by atoms with Crippen LogP contribution in [0.5, 0.6) is 0 Å². The standard InChI is InChI=1S/C16H20FN3O4S/c1-4-5-10(2)13-9-15(19-18-13)20-25(22,23)14-7-6-11(8-12(14)17)16(21)24-3/h6-10H,4-5H2,1-3H3,(H2,18,19,20). The first-order chi connectivity index (χ1) is 11.8. The lowest BCUT2D eigenvalue weighted by Gasteiger charge is -2.08. The van der Waals surface area contributed by atoms with E-state index in [0.29, 0.717) is 0 Å². The van der Waals surface area contributed by atoms with Crippen molar-refractivity contribution >= 4 is 21.8 Å². The molecule has 0 bridgehead atoms. The first kappa shape index (κ1) is 18.9. The number of aromatic amines is 1. The number of H-pyrrole nitrogens is 1. The number of rotatable bonds is 7. The van der Waals surface area contributed by atoms with Gasteiger partial charge in [-0.1, -0.05) is 20.3 Å². The number of esters is 1. The number of hydrogen-bond donors (Lipinski definition) is 2. The van der Waals surface area contributed by atoms with Crippen LogP contribution in [0.1, 0.15) is 48.7 Å². The predicted molar refractivity (Wildman–Crippen MR) is 90.5 cm³/mol. The molecular weight excluding hydrogens is 349 g/mol. The van der Waals surface area contributed by atoms with Crippen molar-refractivity contribution in [1.82, 2.24) is 10.2 Å². The molecular formula is C16H20FN3O4S. The molecule has 0 fully saturated rings. The van der Waals surface area contributed by atoms with Gasteiger partial charge in [-0.15, -0.1) is 0 Å². The number of ether oxygens (including phenoxy) is 1. The molecule has 0 aliphatic heterocycles. The van der Waals surface area contributed by atoms with Gasteiger partial charge in [-0.3, -0.25) is 9.82 Å². The smallest absolute Gasteiger partial charge is 0.337 e. The SMILES string of the molecule is CCCC(C)c1cc(NS(=O)(=O)c2ccc(C(=O)OC)cc2F)n[nH]1. The largest absolute Gasteiger partial charge is 0.465 e. The number of carbonyl (C=O) groups is 1. The van der Waals surface area contributed by atoms with Crippen molar-refractivity contribution in [3.05, 3.63) is 41.3 Å². The average molecular weight is 369 g/mol. The Bertz CT molecular complexity index is 864. The summed E-state index contributed by atoms with van der Waals surface area (Å²) in [6.45, 7) is 4.05. The van der Waals surface area contributed by atoms with Gasteiger partial charge in [-0.25, -0.2) is 17.6 Å². The van der Waals surface area contributed by atoms with Crippen LogP contribution in [0.15, 0.2) is 29.2 Å². The second-order valence-corrected chi connectivity index (χ2v) is 7.29. The summed E-state index contributed by atoms with van der Waals surface area (Å²) in [7, 11) is -3.02. The molecule has 1 unspecified atom stereocenters. The fourth-order valence-electron chi connectivity index (χ4n) is 2.39. The zero-order chi connectivity index (χ0) is 18.6. The van der Waals surface area contributed by atoms with Crippen LogP contribution < -0.4 is 4.72 Å². The van der Waals surface area contributed by atoms with Crippen LogP contribution in [0.25, 0.3) is 0 Å². The molecule has 9 heteroatoms. The minimum Gasteiger partial charge on any atom is -0.465 e. The Morgan fingerprint density at radius 1 is 1.40 bits per heavy atom. The molecule has 1 aromatic heterocycles. The average Bonchev–Trinajstić information content (AvgIpc) is 3.01. The topological polar surface area (TPSA) is 101 Å². The van der Waals surface area contributed by atoms with Gasteiger partial charge in [0.05, 0.1) is 12.7 Å². The molecule has 0 aliphatic carbocycles. The summed E-state index contributed by atoms with van der Waals surface area (Å²) >= 11 is 0. The van der Waals surface area contributed by atoms with E-state index in [1.54, 1.807) is 6.07 Å². The number of sulfonamides is 1. The normalized spacial score (nSPS) is 12.6. The molecule has 2 N–H and O–H groups in total. The molecule has 1 heterocycles. The van der Waals surface area contributed by atoms with Crippen molar-refractivity contribution in [1.29, 1.82) is 0 Å². The van der Waals surface area contributed by atoms with Gasteiger partial charge >= 0.3 is 5.97 Å². The van der Waals surface area contributed by atoms with Crippen LogP contribution in [-0.4, -0.2) is 31.7 Å². The van der Waals surface area contributed by atoms with Crippen molar-refractivity contribution in [2.45, 2.75) is 37.5 Å². The molecule has 1 atom stereocenters.